The van der Waals surface area contributed by atoms with Crippen molar-refractivity contribution in [3.63, 3.8) is 0 Å². The quantitative estimate of drug-likeness (QED) is 0.0892. The molecule has 0 aromatic heterocycles. The zero-order chi connectivity index (χ0) is 40.1. The van der Waals surface area contributed by atoms with Crippen molar-refractivity contribution in [2.24, 2.45) is 11.8 Å². The lowest BCUT2D eigenvalue weighted by Crippen LogP contribution is -2.61. The molecule has 5 rings (SSSR count). The molecule has 3 aliphatic carbocycles. The number of fused-ring (bicyclic) bond motifs is 1. The SMILES string of the molecule is C/C=C\COCCOCCOCCOCCOCCOc1ccc2c(c1)CN(C(=O)C(NC(=O)CNC)C1CCCCC1)C(NC1CCCC3=C1C=CCC3C)C2. The number of rotatable bonds is 25. The van der Waals surface area contributed by atoms with E-state index in [0.717, 1.165) is 62.7 Å². The van der Waals surface area contributed by atoms with Gasteiger partial charge in [-0.1, -0.05) is 62.1 Å². The predicted molar refractivity (Wildman–Crippen MR) is 222 cm³/mol. The van der Waals surface area contributed by atoms with E-state index < -0.39 is 6.04 Å². The van der Waals surface area contributed by atoms with Crippen molar-refractivity contribution in [2.45, 2.75) is 103 Å². The maximum atomic E-state index is 14.8. The van der Waals surface area contributed by atoms with Gasteiger partial charge < -0.3 is 44.0 Å². The summed E-state index contributed by atoms with van der Waals surface area (Å²) in [6, 6.07) is 5.88. The Morgan fingerprint density at radius 2 is 1.54 bits per heavy atom. The van der Waals surface area contributed by atoms with E-state index in [1.807, 2.05) is 30.0 Å². The first-order valence-corrected chi connectivity index (χ1v) is 21.6. The summed E-state index contributed by atoms with van der Waals surface area (Å²) in [5, 5.41) is 10.1. The van der Waals surface area contributed by atoms with Crippen LogP contribution in [0.25, 0.3) is 0 Å². The van der Waals surface area contributed by atoms with E-state index in [4.69, 9.17) is 28.4 Å². The molecule has 0 bridgehead atoms. The molecule has 4 unspecified atom stereocenters. The summed E-state index contributed by atoms with van der Waals surface area (Å²) < 4.78 is 33.9. The summed E-state index contributed by atoms with van der Waals surface area (Å²) in [6.07, 6.45) is 18.7. The summed E-state index contributed by atoms with van der Waals surface area (Å²) in [4.78, 5) is 29.8. The van der Waals surface area contributed by atoms with Crippen molar-refractivity contribution in [2.75, 3.05) is 86.3 Å². The molecule has 1 aliphatic heterocycles. The van der Waals surface area contributed by atoms with E-state index in [1.165, 1.54) is 17.6 Å². The molecule has 1 fully saturated rings. The number of hydrogen-bond acceptors (Lipinski definition) is 10. The van der Waals surface area contributed by atoms with Crippen LogP contribution in [0.15, 0.2) is 53.6 Å². The Morgan fingerprint density at radius 3 is 2.23 bits per heavy atom. The molecule has 0 saturated heterocycles. The Kier molecular flexibility index (Phi) is 20.0. The summed E-state index contributed by atoms with van der Waals surface area (Å²) in [5.74, 6) is 1.31. The summed E-state index contributed by atoms with van der Waals surface area (Å²) >= 11 is 0. The lowest BCUT2D eigenvalue weighted by Gasteiger charge is -2.44. The molecule has 318 valence electrons. The van der Waals surface area contributed by atoms with E-state index in [0.29, 0.717) is 91.6 Å². The molecule has 1 aromatic rings. The topological polar surface area (TPSA) is 129 Å². The molecule has 12 nitrogen and oxygen atoms in total. The first-order valence-electron chi connectivity index (χ1n) is 21.6. The highest BCUT2D eigenvalue weighted by atomic mass is 16.6. The van der Waals surface area contributed by atoms with Crippen molar-refractivity contribution in [3.8, 4) is 5.75 Å². The third-order valence-electron chi connectivity index (χ3n) is 11.5. The Balaban J connectivity index is 1.12. The van der Waals surface area contributed by atoms with Crippen LogP contribution in [-0.4, -0.2) is 121 Å². The molecule has 0 radical (unpaired) electrons. The fourth-order valence-electron chi connectivity index (χ4n) is 8.51. The van der Waals surface area contributed by atoms with Gasteiger partial charge in [0, 0.05) is 19.0 Å². The second-order valence-corrected chi connectivity index (χ2v) is 15.7. The van der Waals surface area contributed by atoms with Gasteiger partial charge in [0.05, 0.1) is 78.8 Å². The Bertz CT molecular complexity index is 1460. The molecular weight excluding hydrogens is 725 g/mol. The molecule has 0 spiro atoms. The highest BCUT2D eigenvalue weighted by molar-refractivity contribution is 5.89. The van der Waals surface area contributed by atoms with Crippen molar-refractivity contribution < 1.29 is 38.0 Å². The number of carbonyl (C=O) groups excluding carboxylic acids is 2. The standard InChI is InChI=1S/C45H70N4O8/c1-4-5-19-52-20-21-53-22-23-54-24-25-55-26-27-56-28-29-57-38-18-17-36-31-42(47-41-16-10-14-39-34(2)11-9-15-40(39)41)49(33-37(36)30-38)45(51)44(48-43(50)32-46-3)35-12-7-6-8-13-35/h4-5,9,15,17-18,30,34-35,41-42,44,46-47H,6-8,10-14,16,19-29,31-33H2,1-3H3,(H,48,50)/b5-4-. The molecule has 1 saturated carbocycles. The van der Waals surface area contributed by atoms with Gasteiger partial charge in [-0.3, -0.25) is 14.9 Å². The molecule has 12 heteroatoms. The lowest BCUT2D eigenvalue weighted by atomic mass is 9.77. The van der Waals surface area contributed by atoms with Crippen LogP contribution in [0.5, 0.6) is 5.75 Å². The zero-order valence-corrected chi connectivity index (χ0v) is 34.9. The molecule has 4 aliphatic rings. The fourth-order valence-corrected chi connectivity index (χ4v) is 8.51. The maximum absolute atomic E-state index is 14.8. The van der Waals surface area contributed by atoms with Crippen LogP contribution in [-0.2, 0) is 46.2 Å². The van der Waals surface area contributed by atoms with Crippen LogP contribution in [0, 0.1) is 11.8 Å². The smallest absolute Gasteiger partial charge is 0.246 e. The van der Waals surface area contributed by atoms with E-state index in [2.05, 4.69) is 47.2 Å². The minimum Gasteiger partial charge on any atom is -0.491 e. The zero-order valence-electron chi connectivity index (χ0n) is 34.9. The van der Waals surface area contributed by atoms with Crippen molar-refractivity contribution >= 4 is 11.8 Å². The molecule has 1 aromatic carbocycles. The lowest BCUT2D eigenvalue weighted by molar-refractivity contribution is -0.142. The normalized spacial score (nSPS) is 21.7. The Labute approximate surface area is 341 Å². The van der Waals surface area contributed by atoms with E-state index in [9.17, 15) is 9.59 Å². The van der Waals surface area contributed by atoms with Gasteiger partial charge in [-0.2, -0.15) is 0 Å². The van der Waals surface area contributed by atoms with Crippen LogP contribution in [0.3, 0.4) is 0 Å². The number of carbonyl (C=O) groups is 2. The first kappa shape index (κ1) is 45.0. The Hall–Kier alpha value is -3.10. The Morgan fingerprint density at radius 1 is 0.860 bits per heavy atom. The van der Waals surface area contributed by atoms with Gasteiger partial charge in [-0.15, -0.1) is 0 Å². The van der Waals surface area contributed by atoms with Gasteiger partial charge in [0.1, 0.15) is 18.4 Å². The summed E-state index contributed by atoms with van der Waals surface area (Å²) in [5.41, 5.74) is 5.26. The number of allylic oxidation sites excluding steroid dienone is 3. The van der Waals surface area contributed by atoms with Gasteiger partial charge in [-0.25, -0.2) is 0 Å². The highest BCUT2D eigenvalue weighted by Crippen LogP contribution is 2.37. The third-order valence-corrected chi connectivity index (χ3v) is 11.5. The molecule has 3 N–H and O–H groups in total. The number of hydrogen-bond donors (Lipinski definition) is 3. The molecular formula is C45H70N4O8. The molecule has 1 heterocycles. The van der Waals surface area contributed by atoms with E-state index in [1.54, 1.807) is 12.6 Å². The number of amides is 2. The van der Waals surface area contributed by atoms with E-state index in [-0.39, 0.29) is 36.5 Å². The number of benzene rings is 1. The second-order valence-electron chi connectivity index (χ2n) is 15.7. The van der Waals surface area contributed by atoms with Gasteiger partial charge in [0.25, 0.3) is 0 Å². The number of nitrogens with zero attached hydrogens (tertiary/aromatic N) is 1. The molecule has 4 atom stereocenters. The monoisotopic (exact) mass is 795 g/mol. The van der Waals surface area contributed by atoms with Crippen LogP contribution < -0.4 is 20.7 Å². The maximum Gasteiger partial charge on any atom is 0.246 e. The number of nitrogens with one attached hydrogen (secondary N) is 3. The minimum absolute atomic E-state index is 0.00632. The second kappa shape index (κ2) is 25.4. The van der Waals surface area contributed by atoms with E-state index >= 15 is 0 Å². The van der Waals surface area contributed by atoms with Gasteiger partial charge in [0.15, 0.2) is 0 Å². The highest BCUT2D eigenvalue weighted by Gasteiger charge is 2.40. The summed E-state index contributed by atoms with van der Waals surface area (Å²) in [6.45, 7) is 10.5. The number of ether oxygens (including phenoxy) is 6. The minimum atomic E-state index is -0.551. The van der Waals surface area contributed by atoms with Crippen molar-refractivity contribution in [1.82, 2.24) is 20.9 Å². The average Bonchev–Trinajstić information content (AvgIpc) is 3.22. The summed E-state index contributed by atoms with van der Waals surface area (Å²) in [7, 11) is 1.76. The largest absolute Gasteiger partial charge is 0.491 e. The number of likely N-dealkylation sites (N-methyl/N-ethyl adjacent to an activating group) is 1. The average molecular weight is 795 g/mol. The van der Waals surface area contributed by atoms with Crippen LogP contribution in [0.4, 0.5) is 0 Å². The predicted octanol–water partition coefficient (Wildman–Crippen LogP) is 5.25. The van der Waals surface area contributed by atoms with Gasteiger partial charge in [-0.05, 0) is 93.2 Å². The molecule has 2 amide bonds. The van der Waals surface area contributed by atoms with Crippen LogP contribution >= 0.6 is 0 Å². The van der Waals surface area contributed by atoms with Crippen LogP contribution in [0.1, 0.15) is 82.8 Å². The fraction of sp³-hybridized carbons (Fsp3) is 0.689. The first-order chi connectivity index (χ1) is 28.0. The van der Waals surface area contributed by atoms with Crippen molar-refractivity contribution in [1.29, 1.82) is 0 Å². The van der Waals surface area contributed by atoms with Gasteiger partial charge in [0.2, 0.25) is 11.8 Å². The molecule has 57 heavy (non-hydrogen) atoms. The van der Waals surface area contributed by atoms with Crippen LogP contribution in [0.2, 0.25) is 0 Å². The van der Waals surface area contributed by atoms with Gasteiger partial charge >= 0.3 is 0 Å². The van der Waals surface area contributed by atoms with Crippen molar-refractivity contribution in [3.05, 3.63) is 64.8 Å². The third kappa shape index (κ3) is 14.6.